The van der Waals surface area contributed by atoms with Crippen LogP contribution >= 0.6 is 15.9 Å². The third-order valence-corrected chi connectivity index (χ3v) is 3.39. The first-order valence-corrected chi connectivity index (χ1v) is 6.51. The minimum Gasteiger partial charge on any atom is -0.496 e. The molecular weight excluding hydrogens is 284 g/mol. The van der Waals surface area contributed by atoms with Gasteiger partial charge in [0, 0.05) is 11.1 Å². The maximum Gasteiger partial charge on any atom is 0.195 e. The zero-order valence-electron chi connectivity index (χ0n) is 9.74. The number of carbonyl (C=O) groups is 1. The van der Waals surface area contributed by atoms with Gasteiger partial charge in [-0.2, -0.15) is 0 Å². The molecule has 1 atom stereocenters. The number of ketones is 1. The van der Waals surface area contributed by atoms with Crippen LogP contribution in [0.3, 0.4) is 0 Å². The Labute approximate surface area is 109 Å². The lowest BCUT2D eigenvalue weighted by Gasteiger charge is -2.22. The van der Waals surface area contributed by atoms with E-state index in [0.717, 1.165) is 23.7 Å². The third kappa shape index (κ3) is 2.87. The normalized spacial score (nSPS) is 20.0. The molecule has 0 aromatic heterocycles. The van der Waals surface area contributed by atoms with E-state index < -0.39 is 0 Å². The first kappa shape index (κ1) is 12.6. The molecule has 1 aromatic carbocycles. The van der Waals surface area contributed by atoms with E-state index in [1.165, 1.54) is 0 Å². The van der Waals surface area contributed by atoms with Crippen molar-refractivity contribution in [3.05, 3.63) is 28.2 Å². The van der Waals surface area contributed by atoms with Gasteiger partial charge in [0.15, 0.2) is 5.78 Å². The van der Waals surface area contributed by atoms with E-state index >= 15 is 0 Å². The van der Waals surface area contributed by atoms with Crippen molar-refractivity contribution in [3.63, 3.8) is 0 Å². The summed E-state index contributed by atoms with van der Waals surface area (Å²) >= 11 is 3.37. The molecule has 0 saturated carbocycles. The van der Waals surface area contributed by atoms with E-state index in [1.807, 2.05) is 6.07 Å². The van der Waals surface area contributed by atoms with Crippen LogP contribution < -0.4 is 4.74 Å². The Bertz CT molecular complexity index is 411. The Hall–Kier alpha value is -0.870. The molecular formula is C13H15BrO3. The SMILES string of the molecule is COc1ccc(Br)cc1C(=O)C1CCCCO1. The van der Waals surface area contributed by atoms with Crippen LogP contribution in [-0.4, -0.2) is 25.6 Å². The van der Waals surface area contributed by atoms with E-state index in [2.05, 4.69) is 15.9 Å². The molecule has 1 heterocycles. The number of hydrogen-bond acceptors (Lipinski definition) is 3. The van der Waals surface area contributed by atoms with Crippen molar-refractivity contribution in [3.8, 4) is 5.75 Å². The molecule has 0 N–H and O–H groups in total. The van der Waals surface area contributed by atoms with Crippen molar-refractivity contribution < 1.29 is 14.3 Å². The molecule has 1 fully saturated rings. The van der Waals surface area contributed by atoms with Gasteiger partial charge >= 0.3 is 0 Å². The van der Waals surface area contributed by atoms with Crippen molar-refractivity contribution in [2.24, 2.45) is 0 Å². The largest absolute Gasteiger partial charge is 0.496 e. The van der Waals surface area contributed by atoms with Gasteiger partial charge in [-0.1, -0.05) is 15.9 Å². The second-order valence-corrected chi connectivity index (χ2v) is 4.98. The van der Waals surface area contributed by atoms with Crippen molar-refractivity contribution in [2.75, 3.05) is 13.7 Å². The van der Waals surface area contributed by atoms with Gasteiger partial charge in [0.25, 0.3) is 0 Å². The summed E-state index contributed by atoms with van der Waals surface area (Å²) in [4.78, 5) is 12.3. The van der Waals surface area contributed by atoms with Crippen molar-refractivity contribution in [1.29, 1.82) is 0 Å². The lowest BCUT2D eigenvalue weighted by molar-refractivity contribution is 0.0184. The van der Waals surface area contributed by atoms with Gasteiger partial charge in [0.1, 0.15) is 11.9 Å². The Kier molecular flexibility index (Phi) is 4.18. The first-order chi connectivity index (χ1) is 8.22. The van der Waals surface area contributed by atoms with Gasteiger partial charge in [-0.15, -0.1) is 0 Å². The van der Waals surface area contributed by atoms with Crippen LogP contribution in [0, 0.1) is 0 Å². The van der Waals surface area contributed by atoms with E-state index in [4.69, 9.17) is 9.47 Å². The lowest BCUT2D eigenvalue weighted by atomic mass is 9.99. The molecule has 3 nitrogen and oxygen atoms in total. The Balaban J connectivity index is 2.25. The summed E-state index contributed by atoms with van der Waals surface area (Å²) in [6.07, 6.45) is 2.58. The molecule has 92 valence electrons. The van der Waals surface area contributed by atoms with Crippen molar-refractivity contribution in [2.45, 2.75) is 25.4 Å². The summed E-state index contributed by atoms with van der Waals surface area (Å²) in [5.74, 6) is 0.621. The zero-order valence-corrected chi connectivity index (χ0v) is 11.3. The smallest absolute Gasteiger partial charge is 0.195 e. The van der Waals surface area contributed by atoms with Crippen LogP contribution in [0.5, 0.6) is 5.75 Å². The van der Waals surface area contributed by atoms with Crippen LogP contribution in [0.4, 0.5) is 0 Å². The fraction of sp³-hybridized carbons (Fsp3) is 0.462. The number of benzene rings is 1. The number of ether oxygens (including phenoxy) is 2. The monoisotopic (exact) mass is 298 g/mol. The second-order valence-electron chi connectivity index (χ2n) is 4.06. The maximum atomic E-state index is 12.3. The minimum absolute atomic E-state index is 0.0165. The van der Waals surface area contributed by atoms with E-state index in [-0.39, 0.29) is 11.9 Å². The molecule has 17 heavy (non-hydrogen) atoms. The quantitative estimate of drug-likeness (QED) is 0.804. The molecule has 1 aliphatic heterocycles. The van der Waals surface area contributed by atoms with Crippen LogP contribution in [0.25, 0.3) is 0 Å². The highest BCUT2D eigenvalue weighted by Gasteiger charge is 2.25. The topological polar surface area (TPSA) is 35.5 Å². The summed E-state index contributed by atoms with van der Waals surface area (Å²) < 4.78 is 11.6. The minimum atomic E-state index is -0.313. The van der Waals surface area contributed by atoms with E-state index in [0.29, 0.717) is 17.9 Å². The predicted octanol–water partition coefficient (Wildman–Crippen LogP) is 3.21. The maximum absolute atomic E-state index is 12.3. The van der Waals surface area contributed by atoms with Crippen LogP contribution in [-0.2, 0) is 4.74 Å². The molecule has 1 aromatic rings. The lowest BCUT2D eigenvalue weighted by Crippen LogP contribution is -2.28. The van der Waals surface area contributed by atoms with Crippen LogP contribution in [0.15, 0.2) is 22.7 Å². The number of carbonyl (C=O) groups excluding carboxylic acids is 1. The Morgan fingerprint density at radius 1 is 1.47 bits per heavy atom. The highest BCUT2D eigenvalue weighted by Crippen LogP contribution is 2.27. The predicted molar refractivity (Wildman–Crippen MR) is 68.6 cm³/mol. The molecule has 4 heteroatoms. The average molecular weight is 299 g/mol. The Morgan fingerprint density at radius 3 is 2.94 bits per heavy atom. The van der Waals surface area contributed by atoms with Crippen molar-refractivity contribution >= 4 is 21.7 Å². The molecule has 0 radical (unpaired) electrons. The average Bonchev–Trinajstić information content (AvgIpc) is 2.39. The molecule has 2 rings (SSSR count). The molecule has 1 unspecified atom stereocenters. The van der Waals surface area contributed by atoms with Crippen LogP contribution in [0.2, 0.25) is 0 Å². The first-order valence-electron chi connectivity index (χ1n) is 5.71. The second kappa shape index (κ2) is 5.65. The summed E-state index contributed by atoms with van der Waals surface area (Å²) in [6.45, 7) is 0.673. The van der Waals surface area contributed by atoms with Gasteiger partial charge in [-0.3, -0.25) is 4.79 Å². The van der Waals surface area contributed by atoms with Gasteiger partial charge in [-0.05, 0) is 37.5 Å². The summed E-state index contributed by atoms with van der Waals surface area (Å²) in [7, 11) is 1.57. The molecule has 0 amide bonds. The van der Waals surface area contributed by atoms with Gasteiger partial charge in [0.2, 0.25) is 0 Å². The number of Topliss-reactive ketones (excluding diaryl/α,β-unsaturated/α-hetero) is 1. The summed E-state index contributed by atoms with van der Waals surface area (Å²) in [5, 5.41) is 0. The van der Waals surface area contributed by atoms with Gasteiger partial charge in [0.05, 0.1) is 12.7 Å². The Morgan fingerprint density at radius 2 is 2.29 bits per heavy atom. The molecule has 1 aliphatic rings. The number of rotatable bonds is 3. The zero-order chi connectivity index (χ0) is 12.3. The molecule has 0 aliphatic carbocycles. The van der Waals surface area contributed by atoms with E-state index in [1.54, 1.807) is 19.2 Å². The summed E-state index contributed by atoms with van der Waals surface area (Å²) in [5.41, 5.74) is 0.591. The van der Waals surface area contributed by atoms with Gasteiger partial charge < -0.3 is 9.47 Å². The fourth-order valence-electron chi connectivity index (χ4n) is 1.99. The molecule has 0 spiro atoms. The van der Waals surface area contributed by atoms with Crippen LogP contribution in [0.1, 0.15) is 29.6 Å². The fourth-order valence-corrected chi connectivity index (χ4v) is 2.35. The summed E-state index contributed by atoms with van der Waals surface area (Å²) in [6, 6.07) is 5.44. The number of halogens is 1. The third-order valence-electron chi connectivity index (χ3n) is 2.90. The van der Waals surface area contributed by atoms with Crippen molar-refractivity contribution in [1.82, 2.24) is 0 Å². The highest BCUT2D eigenvalue weighted by molar-refractivity contribution is 9.10. The molecule has 0 bridgehead atoms. The molecule has 1 saturated heterocycles. The van der Waals surface area contributed by atoms with Gasteiger partial charge in [-0.25, -0.2) is 0 Å². The number of methoxy groups -OCH3 is 1. The van der Waals surface area contributed by atoms with E-state index in [9.17, 15) is 4.79 Å². The number of hydrogen-bond donors (Lipinski definition) is 0. The highest BCUT2D eigenvalue weighted by atomic mass is 79.9. The standard InChI is InChI=1S/C13H15BrO3/c1-16-11-6-5-9(14)8-10(11)13(15)12-4-2-3-7-17-12/h5-6,8,12H,2-4,7H2,1H3.